The zero-order chi connectivity index (χ0) is 40.6. The van der Waals surface area contributed by atoms with Crippen molar-refractivity contribution in [1.82, 2.24) is 45.6 Å². The van der Waals surface area contributed by atoms with Crippen LogP contribution in [0.3, 0.4) is 0 Å². The molecule has 1 saturated heterocycles. The zero-order valence-corrected chi connectivity index (χ0v) is 34.6. The number of aliphatic carboxylic acids is 1. The van der Waals surface area contributed by atoms with Gasteiger partial charge in [-0.2, -0.15) is 9.50 Å². The largest absolute Gasteiger partial charge is 1.00 e. The number of thiazole rings is 1. The van der Waals surface area contributed by atoms with E-state index in [2.05, 4.69) is 41.4 Å². The van der Waals surface area contributed by atoms with Crippen LogP contribution in [0, 0.1) is 6.92 Å². The number of rotatable bonds is 12. The van der Waals surface area contributed by atoms with Gasteiger partial charge in [-0.1, -0.05) is 5.16 Å². The molecule has 5 heterocycles. The Hall–Kier alpha value is -5.47. The van der Waals surface area contributed by atoms with E-state index in [0.717, 1.165) is 40.1 Å². The number of nitrogens with two attached hydrogens (primary N) is 2. The molecule has 0 unspecified atom stereocenters. The maximum atomic E-state index is 13.6. The summed E-state index contributed by atoms with van der Waals surface area (Å²) in [6, 6.07) is 3.70. The van der Waals surface area contributed by atoms with Crippen LogP contribution in [0.1, 0.15) is 46.2 Å². The minimum Gasteiger partial charge on any atom is -0.543 e. The number of hydrazine groups is 1. The number of hydrogen-bond donors (Lipinski definition) is 7. The van der Waals surface area contributed by atoms with E-state index >= 15 is 0 Å². The van der Waals surface area contributed by atoms with Crippen molar-refractivity contribution in [3.05, 3.63) is 63.7 Å². The average Bonchev–Trinajstić information content (AvgIpc) is 3.78. The first-order chi connectivity index (χ1) is 26.4. The molecule has 26 heteroatoms. The topological polar surface area (TPSA) is 335 Å². The van der Waals surface area contributed by atoms with Gasteiger partial charge in [-0.25, -0.2) is 9.97 Å². The van der Waals surface area contributed by atoms with E-state index in [0.29, 0.717) is 16.3 Å². The molecule has 292 valence electrons. The van der Waals surface area contributed by atoms with Gasteiger partial charge in [-0.05, 0) is 50.6 Å². The Balaban J connectivity index is 0.00000620. The molecule has 4 aromatic rings. The van der Waals surface area contributed by atoms with Crippen molar-refractivity contribution < 1.29 is 78.5 Å². The number of oxime groups is 1. The number of phenols is 2. The maximum absolute atomic E-state index is 13.6. The molecule has 57 heavy (non-hydrogen) atoms. The Morgan fingerprint density at radius 1 is 1.12 bits per heavy atom. The number of carbonyl (C=O) groups excluding carboxylic acids is 6. The number of carboxylic acids is 1. The van der Waals surface area contributed by atoms with Gasteiger partial charge in [-0.3, -0.25) is 39.7 Å². The number of fused-ring (bicyclic) bond motifs is 2. The van der Waals surface area contributed by atoms with E-state index in [4.69, 9.17) is 16.3 Å². The fraction of sp³-hybridized carbons (Fsp3) is 0.258. The summed E-state index contributed by atoms with van der Waals surface area (Å²) in [4.78, 5) is 95.3. The van der Waals surface area contributed by atoms with Crippen LogP contribution in [-0.4, -0.2) is 109 Å². The maximum Gasteiger partial charge on any atom is 1.00 e. The third-order valence-electron chi connectivity index (χ3n) is 7.97. The minimum absolute atomic E-state index is 0. The van der Waals surface area contributed by atoms with Crippen LogP contribution >= 0.6 is 34.9 Å². The molecule has 0 spiro atoms. The standard InChI is InChI=1S/C31H30N12O10S3.Na/c1-11-6-17(43-30(34-11)37-22(40-43)21(32)46)54-8-13-9-55-26-19(25(49)42(26)20(13)27(50)51)36-24(48)18(14-10-56-29(33)35-14)41-53-31(2,3)28(52)39-38-23(47)12-4-5-15(44)16(45)7-12;/h4-7,10,19,26,44-45H,8-9H2,1-3H3,(H2,32,46)(H2,33,35)(H,36,48)(H,38,47)(H,39,52)(H,50,51);/q;+1/p-1/b41-18-;/t19-,26-;/m1./s1. The summed E-state index contributed by atoms with van der Waals surface area (Å²) in [6.45, 7) is 4.24. The number of amides is 5. The van der Waals surface area contributed by atoms with E-state index in [9.17, 15) is 44.1 Å². The predicted molar refractivity (Wildman–Crippen MR) is 195 cm³/mol. The van der Waals surface area contributed by atoms with Crippen LogP contribution in [0.2, 0.25) is 0 Å². The number of aromatic nitrogens is 5. The summed E-state index contributed by atoms with van der Waals surface area (Å²) >= 11 is 3.31. The summed E-state index contributed by atoms with van der Waals surface area (Å²) in [5, 5.41) is 43.1. The molecule has 0 bridgehead atoms. The molecular formula is C31H29N12NaO10S3. The molecule has 1 aromatic carbocycles. The Morgan fingerprint density at radius 2 is 1.86 bits per heavy atom. The SMILES string of the molecule is Cc1cc(SCC2=C(C(=O)[O-])N3C(=O)[C@@H](NC(=O)/C(=N\OC(C)(C)C(=O)NNC(=O)c4ccc(O)c(O)c4)c4csc(N)n4)[C@H]3SC2)n2nc(C(N)=O)nc2n1.[Na+]. The number of carbonyl (C=O) groups is 6. The molecule has 2 atom stereocenters. The average molecular weight is 849 g/mol. The molecule has 0 saturated carbocycles. The zero-order valence-electron chi connectivity index (χ0n) is 30.1. The number of anilines is 1. The second-order valence-electron chi connectivity index (χ2n) is 12.4. The van der Waals surface area contributed by atoms with E-state index in [1.54, 1.807) is 13.0 Å². The molecule has 0 aliphatic carbocycles. The Labute approximate surface area is 355 Å². The van der Waals surface area contributed by atoms with Crippen LogP contribution in [0.15, 0.2) is 51.1 Å². The quantitative estimate of drug-likeness (QED) is 0.0134. The third-order valence-corrected chi connectivity index (χ3v) is 11.1. The number of phenolic OH excluding ortho intramolecular Hbond substituents is 2. The summed E-state index contributed by atoms with van der Waals surface area (Å²) in [7, 11) is 0. The number of nitrogens with one attached hydrogen (secondary N) is 3. The second kappa shape index (κ2) is 16.9. The van der Waals surface area contributed by atoms with Crippen molar-refractivity contribution in [3.63, 3.8) is 0 Å². The van der Waals surface area contributed by atoms with Gasteiger partial charge in [0, 0.05) is 28.1 Å². The van der Waals surface area contributed by atoms with Crippen LogP contribution < -0.4 is 62.3 Å². The fourth-order valence-electron chi connectivity index (χ4n) is 5.12. The van der Waals surface area contributed by atoms with E-state index in [-0.39, 0.29) is 74.8 Å². The van der Waals surface area contributed by atoms with Crippen molar-refractivity contribution >= 4 is 87.0 Å². The first-order valence-electron chi connectivity index (χ1n) is 15.9. The van der Waals surface area contributed by atoms with E-state index < -0.39 is 69.7 Å². The minimum atomic E-state index is -1.83. The first kappa shape index (κ1) is 42.7. The van der Waals surface area contributed by atoms with Crippen LogP contribution in [-0.2, 0) is 24.0 Å². The van der Waals surface area contributed by atoms with Gasteiger partial charge < -0.3 is 41.7 Å². The van der Waals surface area contributed by atoms with E-state index in [1.807, 2.05) is 0 Å². The number of nitrogen functional groups attached to an aromatic ring is 1. The number of thioether (sulfide) groups is 2. The Morgan fingerprint density at radius 3 is 2.51 bits per heavy atom. The predicted octanol–water partition coefficient (Wildman–Crippen LogP) is -4.86. The first-order valence-corrected chi connectivity index (χ1v) is 18.8. The van der Waals surface area contributed by atoms with Gasteiger partial charge in [0.15, 0.2) is 22.3 Å². The van der Waals surface area contributed by atoms with Gasteiger partial charge in [0.25, 0.3) is 35.3 Å². The molecule has 22 nitrogen and oxygen atoms in total. The van der Waals surface area contributed by atoms with Gasteiger partial charge in [-0.15, -0.1) is 40.0 Å². The molecule has 3 aromatic heterocycles. The second-order valence-corrected chi connectivity index (χ2v) is 15.4. The molecule has 0 radical (unpaired) electrons. The smallest absolute Gasteiger partial charge is 0.543 e. The summed E-state index contributed by atoms with van der Waals surface area (Å²) in [5.74, 6) is -6.89. The van der Waals surface area contributed by atoms with Crippen molar-refractivity contribution in [2.45, 2.75) is 42.8 Å². The molecule has 6 rings (SSSR count). The van der Waals surface area contributed by atoms with Crippen molar-refractivity contribution in [2.24, 2.45) is 10.9 Å². The number of primary amides is 1. The van der Waals surface area contributed by atoms with Gasteiger partial charge in [0.1, 0.15) is 22.1 Å². The molecule has 2 aliphatic heterocycles. The molecule has 1 fully saturated rings. The third kappa shape index (κ3) is 8.92. The van der Waals surface area contributed by atoms with Gasteiger partial charge in [0.2, 0.25) is 11.4 Å². The normalized spacial score (nSPS) is 16.6. The molecular weight excluding hydrogens is 820 g/mol. The molecule has 5 amide bonds. The number of β-lactam (4-membered cyclic amide) rings is 1. The Kier molecular flexibility index (Phi) is 12.7. The van der Waals surface area contributed by atoms with Gasteiger partial charge in [0.05, 0.1) is 11.7 Å². The number of carboxylic acid groups (broad SMARTS) is 1. The number of nitrogens with zero attached hydrogens (tertiary/aromatic N) is 7. The number of aryl methyl sites for hydroxylation is 1. The van der Waals surface area contributed by atoms with Crippen LogP contribution in [0.5, 0.6) is 11.5 Å². The molecule has 2 aliphatic rings. The van der Waals surface area contributed by atoms with Crippen LogP contribution in [0.4, 0.5) is 5.13 Å². The van der Waals surface area contributed by atoms with E-state index in [1.165, 1.54) is 41.6 Å². The molecule has 9 N–H and O–H groups in total. The number of aromatic hydroxyl groups is 2. The summed E-state index contributed by atoms with van der Waals surface area (Å²) < 4.78 is 1.30. The number of hydrogen-bond acceptors (Lipinski definition) is 19. The Bertz CT molecular complexity index is 2400. The van der Waals surface area contributed by atoms with Crippen molar-refractivity contribution in [2.75, 3.05) is 17.2 Å². The van der Waals surface area contributed by atoms with Crippen molar-refractivity contribution in [3.8, 4) is 11.5 Å². The van der Waals surface area contributed by atoms with Gasteiger partial charge >= 0.3 is 29.6 Å². The monoisotopic (exact) mass is 848 g/mol. The summed E-state index contributed by atoms with van der Waals surface area (Å²) in [6.07, 6.45) is 0. The van der Waals surface area contributed by atoms with Crippen molar-refractivity contribution in [1.29, 1.82) is 0 Å². The fourth-order valence-corrected chi connectivity index (χ4v) is 8.20. The summed E-state index contributed by atoms with van der Waals surface area (Å²) in [5.41, 5.74) is 13.4. The van der Waals surface area contributed by atoms with Crippen LogP contribution in [0.25, 0.3) is 5.78 Å². The number of benzene rings is 1.